The van der Waals surface area contributed by atoms with Crippen molar-refractivity contribution in [2.45, 2.75) is 13.2 Å². The van der Waals surface area contributed by atoms with E-state index in [2.05, 4.69) is 10.5 Å². The Kier molecular flexibility index (Phi) is 4.48. The van der Waals surface area contributed by atoms with E-state index in [0.717, 1.165) is 5.56 Å². The Morgan fingerprint density at radius 1 is 1.53 bits per heavy atom. The zero-order chi connectivity index (χ0) is 13.7. The lowest BCUT2D eigenvalue weighted by Crippen LogP contribution is -2.18. The second kappa shape index (κ2) is 6.31. The molecule has 0 saturated heterocycles. The van der Waals surface area contributed by atoms with E-state index in [4.69, 9.17) is 15.3 Å². The fourth-order valence-electron chi connectivity index (χ4n) is 1.53. The van der Waals surface area contributed by atoms with Gasteiger partial charge in [-0.15, -0.1) is 0 Å². The van der Waals surface area contributed by atoms with E-state index >= 15 is 0 Å². The lowest BCUT2D eigenvalue weighted by Gasteiger charge is -2.08. The summed E-state index contributed by atoms with van der Waals surface area (Å²) in [5.41, 5.74) is 9.40. The van der Waals surface area contributed by atoms with Gasteiger partial charge >= 0.3 is 0 Å². The van der Waals surface area contributed by atoms with Crippen LogP contribution in [0.2, 0.25) is 0 Å². The summed E-state index contributed by atoms with van der Waals surface area (Å²) >= 11 is 0. The predicted molar refractivity (Wildman–Crippen MR) is 70.4 cm³/mol. The summed E-state index contributed by atoms with van der Waals surface area (Å²) in [5.74, 6) is 1.33. The van der Waals surface area contributed by atoms with E-state index < -0.39 is 0 Å². The lowest BCUT2D eigenvalue weighted by molar-refractivity contribution is 0.0504. The molecule has 0 saturated carbocycles. The number of ether oxygens (including phenoxy) is 1. The lowest BCUT2D eigenvalue weighted by atomic mass is 10.2. The number of nitrogens with one attached hydrogen (secondary N) is 1. The molecule has 3 N–H and O–H groups in total. The number of benzene rings is 1. The third-order valence-corrected chi connectivity index (χ3v) is 2.61. The number of amidine groups is 1. The van der Waals surface area contributed by atoms with Gasteiger partial charge in [0, 0.05) is 17.7 Å². The molecule has 0 bridgehead atoms. The van der Waals surface area contributed by atoms with Crippen LogP contribution in [0.5, 0.6) is 5.75 Å². The molecule has 5 nitrogen and oxygen atoms in total. The molecule has 0 fully saturated rings. The summed E-state index contributed by atoms with van der Waals surface area (Å²) in [6.45, 7) is 2.13. The maximum Gasteiger partial charge on any atom is 0.174 e. The molecule has 1 atom stereocenters. The van der Waals surface area contributed by atoms with Gasteiger partial charge in [-0.05, 0) is 31.2 Å². The fraction of sp³-hybridized carbons (Fsp3) is 0.308. The zero-order valence-corrected chi connectivity index (χ0v) is 10.6. The van der Waals surface area contributed by atoms with Gasteiger partial charge in [0.1, 0.15) is 12.4 Å². The van der Waals surface area contributed by atoms with Crippen molar-refractivity contribution in [3.63, 3.8) is 0 Å². The summed E-state index contributed by atoms with van der Waals surface area (Å²) in [7, 11) is 0. The number of hydrogen-bond acceptors (Lipinski definition) is 5. The molecule has 102 valence electrons. The largest absolute Gasteiger partial charge is 0.489 e. The minimum Gasteiger partial charge on any atom is -0.489 e. The number of nitrogens with zero attached hydrogens (tertiary/aromatic N) is 1. The van der Waals surface area contributed by atoms with Gasteiger partial charge in [-0.1, -0.05) is 0 Å². The number of aliphatic imine (C=N–C) groups is 1. The molecule has 0 aromatic heterocycles. The van der Waals surface area contributed by atoms with Gasteiger partial charge in [0.05, 0.1) is 6.33 Å². The Labute approximate surface area is 110 Å². The van der Waals surface area contributed by atoms with Crippen LogP contribution in [0.3, 0.4) is 0 Å². The van der Waals surface area contributed by atoms with Crippen LogP contribution in [-0.4, -0.2) is 25.2 Å². The molecule has 1 aromatic carbocycles. The molecule has 6 heteroatoms. The molecule has 1 unspecified atom stereocenters. The SMILES string of the molecule is CC1N=C(c2ccc(OC/C(=C/F)CN)cc2)NO1. The molecular formula is C13H16FN3O2. The number of hydroxylamine groups is 1. The standard InChI is InChI=1S/C13H16FN3O2/c1-9-16-13(17-19-9)11-2-4-12(5-3-11)18-8-10(6-14)7-15/h2-6,9H,7-8,15H2,1H3,(H,16,17)/b10-6+. The van der Waals surface area contributed by atoms with Crippen LogP contribution in [-0.2, 0) is 4.84 Å². The molecule has 1 aliphatic heterocycles. The maximum atomic E-state index is 12.3. The second-order valence-electron chi connectivity index (χ2n) is 4.08. The highest BCUT2D eigenvalue weighted by Gasteiger charge is 2.14. The minimum atomic E-state index is -0.187. The predicted octanol–water partition coefficient (Wildman–Crippen LogP) is 1.50. The third kappa shape index (κ3) is 3.52. The molecule has 0 radical (unpaired) electrons. The van der Waals surface area contributed by atoms with E-state index in [0.29, 0.717) is 23.5 Å². The topological polar surface area (TPSA) is 68.9 Å². The highest BCUT2D eigenvalue weighted by atomic mass is 19.1. The van der Waals surface area contributed by atoms with Crippen LogP contribution in [0.1, 0.15) is 12.5 Å². The van der Waals surface area contributed by atoms with Gasteiger partial charge in [0.15, 0.2) is 12.1 Å². The molecule has 0 amide bonds. The molecule has 1 aliphatic rings. The molecular weight excluding hydrogens is 249 g/mol. The quantitative estimate of drug-likeness (QED) is 0.846. The van der Waals surface area contributed by atoms with Crippen LogP contribution in [0.25, 0.3) is 0 Å². The highest BCUT2D eigenvalue weighted by molar-refractivity contribution is 5.98. The Morgan fingerprint density at radius 2 is 2.26 bits per heavy atom. The van der Waals surface area contributed by atoms with E-state index in [1.54, 1.807) is 12.1 Å². The summed E-state index contributed by atoms with van der Waals surface area (Å²) in [4.78, 5) is 9.37. The average Bonchev–Trinajstić information content (AvgIpc) is 2.87. The number of rotatable bonds is 5. The van der Waals surface area contributed by atoms with Crippen LogP contribution >= 0.6 is 0 Å². The second-order valence-corrected chi connectivity index (χ2v) is 4.08. The molecule has 1 heterocycles. The number of hydrogen-bond donors (Lipinski definition) is 2. The smallest absolute Gasteiger partial charge is 0.174 e. The van der Waals surface area contributed by atoms with E-state index in [-0.39, 0.29) is 19.4 Å². The monoisotopic (exact) mass is 265 g/mol. The van der Waals surface area contributed by atoms with Crippen molar-refractivity contribution < 1.29 is 14.0 Å². The molecule has 2 rings (SSSR count). The molecule has 1 aromatic rings. The third-order valence-electron chi connectivity index (χ3n) is 2.61. The summed E-state index contributed by atoms with van der Waals surface area (Å²) in [5, 5.41) is 0. The van der Waals surface area contributed by atoms with Gasteiger partial charge in [0.2, 0.25) is 0 Å². The number of halogens is 1. The normalized spacial score (nSPS) is 19.0. The zero-order valence-electron chi connectivity index (χ0n) is 10.6. The Balaban J connectivity index is 1.97. The van der Waals surface area contributed by atoms with Crippen molar-refractivity contribution in [2.24, 2.45) is 10.7 Å². The highest BCUT2D eigenvalue weighted by Crippen LogP contribution is 2.15. The van der Waals surface area contributed by atoms with Crippen molar-refractivity contribution in [3.8, 4) is 5.75 Å². The first-order valence-electron chi connectivity index (χ1n) is 5.94. The van der Waals surface area contributed by atoms with Gasteiger partial charge in [0.25, 0.3) is 0 Å². The van der Waals surface area contributed by atoms with Crippen molar-refractivity contribution in [1.82, 2.24) is 5.48 Å². The van der Waals surface area contributed by atoms with Crippen molar-refractivity contribution >= 4 is 5.84 Å². The van der Waals surface area contributed by atoms with Crippen LogP contribution in [0.15, 0.2) is 41.2 Å². The van der Waals surface area contributed by atoms with Gasteiger partial charge in [-0.2, -0.15) is 0 Å². The van der Waals surface area contributed by atoms with Gasteiger partial charge in [-0.3, -0.25) is 0 Å². The summed E-state index contributed by atoms with van der Waals surface area (Å²) < 4.78 is 17.7. The Hall–Kier alpha value is -1.92. The Morgan fingerprint density at radius 3 is 2.79 bits per heavy atom. The minimum absolute atomic E-state index is 0.143. The molecule has 19 heavy (non-hydrogen) atoms. The van der Waals surface area contributed by atoms with Crippen molar-refractivity contribution in [1.29, 1.82) is 0 Å². The summed E-state index contributed by atoms with van der Waals surface area (Å²) in [6.07, 6.45) is 0.289. The maximum absolute atomic E-state index is 12.3. The van der Waals surface area contributed by atoms with E-state index in [1.165, 1.54) is 0 Å². The first-order valence-corrected chi connectivity index (χ1v) is 5.94. The van der Waals surface area contributed by atoms with Crippen LogP contribution in [0, 0.1) is 0 Å². The summed E-state index contributed by atoms with van der Waals surface area (Å²) in [6, 6.07) is 7.28. The van der Waals surface area contributed by atoms with Gasteiger partial charge < -0.3 is 10.5 Å². The van der Waals surface area contributed by atoms with Crippen molar-refractivity contribution in [3.05, 3.63) is 41.7 Å². The van der Waals surface area contributed by atoms with Crippen LogP contribution in [0.4, 0.5) is 4.39 Å². The van der Waals surface area contributed by atoms with Gasteiger partial charge in [-0.25, -0.2) is 19.7 Å². The Bertz CT molecular complexity index is 485. The number of nitrogens with two attached hydrogens (primary N) is 1. The first kappa shape index (κ1) is 13.5. The molecule has 0 spiro atoms. The van der Waals surface area contributed by atoms with E-state index in [9.17, 15) is 4.39 Å². The average molecular weight is 265 g/mol. The first-order chi connectivity index (χ1) is 9.22. The molecule has 0 aliphatic carbocycles. The van der Waals surface area contributed by atoms with Crippen LogP contribution < -0.4 is 16.0 Å². The van der Waals surface area contributed by atoms with Crippen molar-refractivity contribution in [2.75, 3.05) is 13.2 Å². The fourth-order valence-corrected chi connectivity index (χ4v) is 1.53. The van der Waals surface area contributed by atoms with E-state index in [1.807, 2.05) is 19.1 Å².